The van der Waals surface area contributed by atoms with Crippen LogP contribution in [-0.2, 0) is 9.47 Å². The summed E-state index contributed by atoms with van der Waals surface area (Å²) in [7, 11) is 0. The molecular formula is C14H28O10. The van der Waals surface area contributed by atoms with Crippen molar-refractivity contribution in [3.63, 3.8) is 0 Å². The molecule has 144 valence electrons. The Bertz CT molecular complexity index is 326. The Morgan fingerprint density at radius 2 is 0.833 bits per heavy atom. The van der Waals surface area contributed by atoms with Gasteiger partial charge in [0.15, 0.2) is 0 Å². The molecule has 0 aliphatic carbocycles. The van der Waals surface area contributed by atoms with E-state index < -0.39 is 61.0 Å². The zero-order valence-corrected chi connectivity index (χ0v) is 13.6. The van der Waals surface area contributed by atoms with E-state index in [9.17, 15) is 30.6 Å². The van der Waals surface area contributed by atoms with E-state index in [2.05, 4.69) is 0 Å². The fraction of sp³-hybridized carbons (Fsp3) is 1.00. The Labute approximate surface area is 139 Å². The molecule has 2 heterocycles. The van der Waals surface area contributed by atoms with Crippen molar-refractivity contribution in [3.05, 3.63) is 0 Å². The first-order valence-electron chi connectivity index (χ1n) is 7.76. The van der Waals surface area contributed by atoms with Crippen molar-refractivity contribution in [1.82, 2.24) is 0 Å². The van der Waals surface area contributed by atoms with Crippen LogP contribution in [0.3, 0.4) is 0 Å². The molecule has 2 fully saturated rings. The summed E-state index contributed by atoms with van der Waals surface area (Å²) in [6.45, 7) is 2.41. The number of ether oxygens (including phenoxy) is 2. The molecule has 2 rings (SSSR count). The van der Waals surface area contributed by atoms with Crippen LogP contribution in [-0.4, -0.2) is 115 Å². The molecule has 0 radical (unpaired) electrons. The van der Waals surface area contributed by atoms with Gasteiger partial charge in [0.1, 0.15) is 48.8 Å². The highest BCUT2D eigenvalue weighted by molar-refractivity contribution is 4.90. The molecule has 2 saturated heterocycles. The van der Waals surface area contributed by atoms with Gasteiger partial charge in [-0.05, 0) is 13.8 Å². The lowest BCUT2D eigenvalue weighted by atomic mass is 9.96. The maximum Gasteiger partial charge on any atom is 0.111 e. The van der Waals surface area contributed by atoms with Crippen molar-refractivity contribution in [2.45, 2.75) is 74.9 Å². The standard InChI is InChI=1S/2C7H14O5/c2*1-3-5(9)7(11)6(10)4(2-8)12-3/h2*3-11H,2H2,1H3. The lowest BCUT2D eigenvalue weighted by Crippen LogP contribution is -2.57. The topological polar surface area (TPSA) is 180 Å². The molecule has 0 aromatic carbocycles. The highest BCUT2D eigenvalue weighted by Crippen LogP contribution is 2.21. The quantitative estimate of drug-likeness (QED) is 0.241. The summed E-state index contributed by atoms with van der Waals surface area (Å²) in [6, 6.07) is 0. The summed E-state index contributed by atoms with van der Waals surface area (Å²) in [5.74, 6) is 0. The normalized spacial score (nSPS) is 49.2. The van der Waals surface area contributed by atoms with Gasteiger partial charge in [-0.15, -0.1) is 0 Å². The molecule has 8 N–H and O–H groups in total. The molecule has 2 aliphatic rings. The maximum atomic E-state index is 9.23. The van der Waals surface area contributed by atoms with Crippen LogP contribution in [0.25, 0.3) is 0 Å². The molecule has 10 atom stereocenters. The van der Waals surface area contributed by atoms with Crippen LogP contribution in [0.2, 0.25) is 0 Å². The third-order valence-electron chi connectivity index (χ3n) is 4.26. The Morgan fingerprint density at radius 1 is 0.542 bits per heavy atom. The van der Waals surface area contributed by atoms with Crippen LogP contribution in [0.1, 0.15) is 13.8 Å². The minimum atomic E-state index is -1.24. The Kier molecular flexibility index (Phi) is 8.42. The monoisotopic (exact) mass is 356 g/mol. The highest BCUT2D eigenvalue weighted by atomic mass is 16.5. The first-order valence-corrected chi connectivity index (χ1v) is 7.76. The number of aliphatic hydroxyl groups is 8. The van der Waals surface area contributed by atoms with Crippen molar-refractivity contribution in [2.75, 3.05) is 13.2 Å². The lowest BCUT2D eigenvalue weighted by Gasteiger charge is -2.38. The fourth-order valence-electron chi connectivity index (χ4n) is 2.57. The van der Waals surface area contributed by atoms with E-state index in [1.165, 1.54) is 0 Å². The SMILES string of the molecule is CC1OC(CO)C(O)C(O)C1O.CC1OC(CO)C(O)C(O)C1O. The zero-order valence-electron chi connectivity index (χ0n) is 13.6. The van der Waals surface area contributed by atoms with Gasteiger partial charge in [0, 0.05) is 0 Å². The summed E-state index contributed by atoms with van der Waals surface area (Å²) in [5, 5.41) is 72.8. The van der Waals surface area contributed by atoms with E-state index in [4.69, 9.17) is 19.7 Å². The minimum Gasteiger partial charge on any atom is -0.394 e. The van der Waals surface area contributed by atoms with Crippen molar-refractivity contribution in [3.8, 4) is 0 Å². The Balaban J connectivity index is 0.000000240. The molecule has 0 aromatic heterocycles. The zero-order chi connectivity index (χ0) is 18.6. The van der Waals surface area contributed by atoms with E-state index in [-0.39, 0.29) is 13.2 Å². The summed E-state index contributed by atoms with van der Waals surface area (Å²) in [6.07, 6.45) is -9.87. The number of aliphatic hydroxyl groups excluding tert-OH is 8. The second-order valence-electron chi connectivity index (χ2n) is 6.07. The van der Waals surface area contributed by atoms with Crippen molar-refractivity contribution in [2.24, 2.45) is 0 Å². The number of hydrogen-bond acceptors (Lipinski definition) is 10. The van der Waals surface area contributed by atoms with Gasteiger partial charge in [-0.3, -0.25) is 0 Å². The minimum absolute atomic E-state index is 0.366. The molecular weight excluding hydrogens is 328 g/mol. The first-order chi connectivity index (χ1) is 11.1. The van der Waals surface area contributed by atoms with E-state index in [0.717, 1.165) is 0 Å². The average molecular weight is 356 g/mol. The largest absolute Gasteiger partial charge is 0.394 e. The van der Waals surface area contributed by atoms with E-state index in [1.807, 2.05) is 0 Å². The lowest BCUT2D eigenvalue weighted by molar-refractivity contribution is -0.224. The first kappa shape index (κ1) is 21.6. The highest BCUT2D eigenvalue weighted by Gasteiger charge is 2.42. The Morgan fingerprint density at radius 3 is 1.08 bits per heavy atom. The molecule has 0 saturated carbocycles. The molecule has 0 bridgehead atoms. The Hall–Kier alpha value is -0.400. The summed E-state index contributed by atoms with van der Waals surface area (Å²) < 4.78 is 10.0. The van der Waals surface area contributed by atoms with Gasteiger partial charge in [0.05, 0.1) is 25.4 Å². The molecule has 10 nitrogen and oxygen atoms in total. The number of hydrogen-bond donors (Lipinski definition) is 8. The van der Waals surface area contributed by atoms with Crippen molar-refractivity contribution < 1.29 is 50.3 Å². The predicted octanol–water partition coefficient (Wildman–Crippen LogP) is -4.30. The predicted molar refractivity (Wildman–Crippen MR) is 78.9 cm³/mol. The van der Waals surface area contributed by atoms with E-state index >= 15 is 0 Å². The summed E-state index contributed by atoms with van der Waals surface area (Å²) in [5.41, 5.74) is 0. The van der Waals surface area contributed by atoms with Crippen molar-refractivity contribution >= 4 is 0 Å². The third kappa shape index (κ3) is 4.82. The second-order valence-corrected chi connectivity index (χ2v) is 6.07. The molecule has 0 spiro atoms. The third-order valence-corrected chi connectivity index (χ3v) is 4.26. The molecule has 2 aliphatic heterocycles. The van der Waals surface area contributed by atoms with Crippen LogP contribution in [0.5, 0.6) is 0 Å². The molecule has 0 amide bonds. The second kappa shape index (κ2) is 9.34. The molecule has 24 heavy (non-hydrogen) atoms. The van der Waals surface area contributed by atoms with E-state index in [1.54, 1.807) is 13.8 Å². The smallest absolute Gasteiger partial charge is 0.111 e. The average Bonchev–Trinajstić information content (AvgIpc) is 2.58. The van der Waals surface area contributed by atoms with Gasteiger partial charge >= 0.3 is 0 Å². The summed E-state index contributed by atoms with van der Waals surface area (Å²) in [4.78, 5) is 0. The van der Waals surface area contributed by atoms with E-state index in [0.29, 0.717) is 0 Å². The van der Waals surface area contributed by atoms with Crippen molar-refractivity contribution in [1.29, 1.82) is 0 Å². The molecule has 10 heteroatoms. The van der Waals surface area contributed by atoms with Crippen LogP contribution >= 0.6 is 0 Å². The van der Waals surface area contributed by atoms with Gasteiger partial charge in [-0.1, -0.05) is 0 Å². The van der Waals surface area contributed by atoms with Gasteiger partial charge in [0.2, 0.25) is 0 Å². The van der Waals surface area contributed by atoms with Crippen LogP contribution in [0, 0.1) is 0 Å². The van der Waals surface area contributed by atoms with Gasteiger partial charge in [-0.2, -0.15) is 0 Å². The fourth-order valence-corrected chi connectivity index (χ4v) is 2.57. The van der Waals surface area contributed by atoms with Crippen LogP contribution in [0.4, 0.5) is 0 Å². The molecule has 0 aromatic rings. The van der Waals surface area contributed by atoms with Gasteiger partial charge in [0.25, 0.3) is 0 Å². The van der Waals surface area contributed by atoms with Crippen LogP contribution in [0.15, 0.2) is 0 Å². The molecule has 10 unspecified atom stereocenters. The van der Waals surface area contributed by atoms with Crippen LogP contribution < -0.4 is 0 Å². The van der Waals surface area contributed by atoms with Gasteiger partial charge < -0.3 is 50.3 Å². The number of rotatable bonds is 2. The van der Waals surface area contributed by atoms with Gasteiger partial charge in [-0.25, -0.2) is 0 Å². The summed E-state index contributed by atoms with van der Waals surface area (Å²) >= 11 is 0. The maximum absolute atomic E-state index is 9.23.